The summed E-state index contributed by atoms with van der Waals surface area (Å²) in [5.41, 5.74) is 2.28. The lowest BCUT2D eigenvalue weighted by Crippen LogP contribution is -2.32. The van der Waals surface area contributed by atoms with E-state index in [0.29, 0.717) is 6.42 Å². The molecule has 1 amide bonds. The van der Waals surface area contributed by atoms with E-state index >= 15 is 0 Å². The highest BCUT2D eigenvalue weighted by molar-refractivity contribution is 7.89. The molecule has 0 radical (unpaired) electrons. The molecule has 1 N–H and O–H groups in total. The normalized spacial score (nSPS) is 12.4. The van der Waals surface area contributed by atoms with Crippen molar-refractivity contribution in [2.45, 2.75) is 31.2 Å². The number of sulfonamides is 1. The van der Waals surface area contributed by atoms with E-state index in [-0.39, 0.29) is 16.5 Å². The third kappa shape index (κ3) is 5.88. The average molecular weight is 419 g/mol. The Hall–Kier alpha value is -2.71. The number of nitrogens with one attached hydrogen (secondary N) is 1. The van der Waals surface area contributed by atoms with Gasteiger partial charge in [0.25, 0.3) is 5.91 Å². The maximum atomic E-state index is 12.2. The van der Waals surface area contributed by atoms with Crippen LogP contribution in [0.25, 0.3) is 0 Å². The van der Waals surface area contributed by atoms with Crippen LogP contribution in [0.2, 0.25) is 0 Å². The molecule has 0 saturated heterocycles. The van der Waals surface area contributed by atoms with Crippen molar-refractivity contribution >= 4 is 21.9 Å². The van der Waals surface area contributed by atoms with Gasteiger partial charge >= 0.3 is 5.97 Å². The van der Waals surface area contributed by atoms with Gasteiger partial charge in [-0.3, -0.25) is 4.79 Å². The zero-order valence-corrected chi connectivity index (χ0v) is 17.8. The third-order valence-corrected chi connectivity index (χ3v) is 6.26. The first-order valence-corrected chi connectivity index (χ1v) is 10.6. The lowest BCUT2D eigenvalue weighted by molar-refractivity contribution is -0.125. The molecule has 0 unspecified atom stereocenters. The van der Waals surface area contributed by atoms with Crippen LogP contribution in [0.1, 0.15) is 40.9 Å². The smallest absolute Gasteiger partial charge is 0.338 e. The zero-order valence-electron chi connectivity index (χ0n) is 17.0. The van der Waals surface area contributed by atoms with Crippen molar-refractivity contribution in [1.29, 1.82) is 0 Å². The maximum Gasteiger partial charge on any atom is 0.338 e. The molecule has 0 aromatic heterocycles. The van der Waals surface area contributed by atoms with Gasteiger partial charge in [-0.15, -0.1) is 0 Å². The number of esters is 1. The zero-order chi connectivity index (χ0) is 21.6. The number of nitrogens with zero attached hydrogens (tertiary/aromatic N) is 1. The Morgan fingerprint density at radius 1 is 1.03 bits per heavy atom. The molecule has 0 fully saturated rings. The van der Waals surface area contributed by atoms with Gasteiger partial charge in [0.1, 0.15) is 0 Å². The molecular weight excluding hydrogens is 392 g/mol. The predicted molar refractivity (Wildman–Crippen MR) is 110 cm³/mol. The number of ether oxygens (including phenoxy) is 1. The van der Waals surface area contributed by atoms with E-state index in [4.69, 9.17) is 4.74 Å². The second-order valence-corrected chi connectivity index (χ2v) is 8.98. The van der Waals surface area contributed by atoms with Gasteiger partial charge in [-0.2, -0.15) is 0 Å². The molecule has 2 rings (SSSR count). The molecular formula is C21H26N2O5S. The molecule has 0 saturated carbocycles. The van der Waals surface area contributed by atoms with E-state index in [9.17, 15) is 18.0 Å². The molecule has 29 heavy (non-hydrogen) atoms. The topological polar surface area (TPSA) is 92.8 Å². The number of carbonyl (C=O) groups excluding carboxylic acids is 2. The largest absolute Gasteiger partial charge is 0.452 e. The minimum atomic E-state index is -3.57. The van der Waals surface area contributed by atoms with E-state index in [1.807, 2.05) is 38.1 Å². The Morgan fingerprint density at radius 3 is 2.14 bits per heavy atom. The molecule has 0 spiro atoms. The Morgan fingerprint density at radius 2 is 1.62 bits per heavy atom. The molecule has 8 heteroatoms. The Bertz CT molecular complexity index is 952. The summed E-state index contributed by atoms with van der Waals surface area (Å²) in [6, 6.07) is 13.1. The summed E-state index contributed by atoms with van der Waals surface area (Å²) in [5.74, 6) is -1.10. The number of hydrogen-bond acceptors (Lipinski definition) is 5. The molecule has 0 aliphatic carbocycles. The molecule has 0 aliphatic rings. The van der Waals surface area contributed by atoms with Crippen LogP contribution in [0.5, 0.6) is 0 Å². The summed E-state index contributed by atoms with van der Waals surface area (Å²) in [6.45, 7) is 3.53. The first-order chi connectivity index (χ1) is 13.6. The van der Waals surface area contributed by atoms with Crippen molar-refractivity contribution in [2.75, 3.05) is 20.7 Å². The van der Waals surface area contributed by atoms with Crippen molar-refractivity contribution in [2.24, 2.45) is 0 Å². The lowest BCUT2D eigenvalue weighted by atomic mass is 10.0. The van der Waals surface area contributed by atoms with Crippen LogP contribution in [-0.2, 0) is 19.6 Å². The van der Waals surface area contributed by atoms with E-state index < -0.39 is 28.5 Å². The molecule has 2 aromatic rings. The van der Waals surface area contributed by atoms with Gasteiger partial charge in [-0.05, 0) is 43.2 Å². The molecule has 7 nitrogen and oxygen atoms in total. The second kappa shape index (κ2) is 9.67. The van der Waals surface area contributed by atoms with Gasteiger partial charge in [-0.1, -0.05) is 36.8 Å². The van der Waals surface area contributed by atoms with Crippen LogP contribution in [0.15, 0.2) is 53.4 Å². The van der Waals surface area contributed by atoms with Crippen LogP contribution in [-0.4, -0.2) is 45.3 Å². The van der Waals surface area contributed by atoms with E-state index in [1.165, 1.54) is 38.4 Å². The van der Waals surface area contributed by atoms with Crippen molar-refractivity contribution in [3.63, 3.8) is 0 Å². The Labute approximate surface area is 171 Å². The van der Waals surface area contributed by atoms with Crippen molar-refractivity contribution in [1.82, 2.24) is 9.62 Å². The SMILES string of the molecule is CC[C@@H](NC(=O)COC(=O)c1ccc(S(=O)(=O)N(C)C)cc1)c1ccc(C)cc1. The summed E-state index contributed by atoms with van der Waals surface area (Å²) in [7, 11) is -0.720. The number of rotatable bonds is 8. The van der Waals surface area contributed by atoms with Crippen LogP contribution >= 0.6 is 0 Å². The summed E-state index contributed by atoms with van der Waals surface area (Å²) in [4.78, 5) is 24.4. The van der Waals surface area contributed by atoms with Crippen molar-refractivity contribution in [3.05, 3.63) is 65.2 Å². The van der Waals surface area contributed by atoms with E-state index in [1.54, 1.807) is 0 Å². The number of aryl methyl sites for hydroxylation is 1. The standard InChI is InChI=1S/C21H26N2O5S/c1-5-19(16-8-6-15(2)7-9-16)22-20(24)14-28-21(25)17-10-12-18(13-11-17)29(26,27)23(3)4/h6-13,19H,5,14H2,1-4H3,(H,22,24)/t19-/m1/s1. The summed E-state index contributed by atoms with van der Waals surface area (Å²) in [6.07, 6.45) is 0.699. The van der Waals surface area contributed by atoms with Gasteiger partial charge in [0.15, 0.2) is 6.61 Å². The van der Waals surface area contributed by atoms with Gasteiger partial charge in [0, 0.05) is 14.1 Å². The summed E-state index contributed by atoms with van der Waals surface area (Å²) < 4.78 is 30.2. The molecule has 0 bridgehead atoms. The summed E-state index contributed by atoms with van der Waals surface area (Å²) in [5, 5.41) is 2.85. The highest BCUT2D eigenvalue weighted by Gasteiger charge is 2.19. The van der Waals surface area contributed by atoms with E-state index in [2.05, 4.69) is 5.32 Å². The monoisotopic (exact) mass is 418 g/mol. The number of carbonyl (C=O) groups is 2. The van der Waals surface area contributed by atoms with Gasteiger partial charge in [-0.25, -0.2) is 17.5 Å². The first-order valence-electron chi connectivity index (χ1n) is 9.20. The van der Waals surface area contributed by atoms with Crippen LogP contribution in [0, 0.1) is 6.92 Å². The fraction of sp³-hybridized carbons (Fsp3) is 0.333. The minimum absolute atomic E-state index is 0.0701. The number of hydrogen-bond donors (Lipinski definition) is 1. The van der Waals surface area contributed by atoms with Gasteiger partial charge in [0.05, 0.1) is 16.5 Å². The Kier molecular flexibility index (Phi) is 7.53. The molecule has 1 atom stereocenters. The second-order valence-electron chi connectivity index (χ2n) is 6.83. The summed E-state index contributed by atoms with van der Waals surface area (Å²) >= 11 is 0. The molecule has 156 valence electrons. The number of amides is 1. The maximum absolute atomic E-state index is 12.2. The highest BCUT2D eigenvalue weighted by Crippen LogP contribution is 2.17. The fourth-order valence-corrected chi connectivity index (χ4v) is 3.55. The lowest BCUT2D eigenvalue weighted by Gasteiger charge is -2.17. The van der Waals surface area contributed by atoms with Crippen LogP contribution in [0.4, 0.5) is 0 Å². The van der Waals surface area contributed by atoms with Crippen molar-refractivity contribution in [3.8, 4) is 0 Å². The fourth-order valence-electron chi connectivity index (χ4n) is 2.64. The average Bonchev–Trinajstić information content (AvgIpc) is 2.71. The minimum Gasteiger partial charge on any atom is -0.452 e. The van der Waals surface area contributed by atoms with Crippen molar-refractivity contribution < 1.29 is 22.7 Å². The molecule has 0 aliphatic heterocycles. The third-order valence-electron chi connectivity index (χ3n) is 4.43. The predicted octanol–water partition coefficient (Wildman–Crippen LogP) is 2.67. The molecule has 0 heterocycles. The van der Waals surface area contributed by atoms with E-state index in [0.717, 1.165) is 15.4 Å². The Balaban J connectivity index is 1.94. The molecule has 2 aromatic carbocycles. The van der Waals surface area contributed by atoms with Gasteiger partial charge < -0.3 is 10.1 Å². The first kappa shape index (κ1) is 22.6. The van der Waals surface area contributed by atoms with Crippen LogP contribution < -0.4 is 5.32 Å². The number of benzene rings is 2. The highest BCUT2D eigenvalue weighted by atomic mass is 32.2. The van der Waals surface area contributed by atoms with Crippen LogP contribution in [0.3, 0.4) is 0 Å². The quantitative estimate of drug-likeness (QED) is 0.666. The van der Waals surface area contributed by atoms with Gasteiger partial charge in [0.2, 0.25) is 10.0 Å².